The van der Waals surface area contributed by atoms with Crippen molar-refractivity contribution in [2.75, 3.05) is 20.3 Å². The van der Waals surface area contributed by atoms with E-state index in [9.17, 15) is 0 Å². The van der Waals surface area contributed by atoms with Crippen LogP contribution in [0.1, 0.15) is 23.1 Å². The van der Waals surface area contributed by atoms with Crippen LogP contribution in [0, 0.1) is 19.8 Å². The maximum atomic E-state index is 5.63. The zero-order valence-electron chi connectivity index (χ0n) is 11.1. The number of aryl methyl sites for hydroxylation is 2. The van der Waals surface area contributed by atoms with E-state index < -0.39 is 0 Å². The molecule has 2 atom stereocenters. The monoisotopic (exact) mass is 233 g/mol. The molecule has 2 nitrogen and oxygen atoms in total. The van der Waals surface area contributed by atoms with Crippen LogP contribution in [0.2, 0.25) is 0 Å². The van der Waals surface area contributed by atoms with Gasteiger partial charge < -0.3 is 10.1 Å². The van der Waals surface area contributed by atoms with Crippen LogP contribution in [0.25, 0.3) is 0 Å². The molecule has 0 amide bonds. The van der Waals surface area contributed by atoms with Crippen LogP contribution in [0.15, 0.2) is 18.2 Å². The minimum Gasteiger partial charge on any atom is -0.381 e. The Kier molecular flexibility index (Phi) is 4.19. The van der Waals surface area contributed by atoms with Crippen molar-refractivity contribution in [3.8, 4) is 0 Å². The molecule has 0 spiro atoms. The molecule has 2 rings (SSSR count). The van der Waals surface area contributed by atoms with Gasteiger partial charge in [-0.1, -0.05) is 18.2 Å². The van der Waals surface area contributed by atoms with Gasteiger partial charge in [0.2, 0.25) is 0 Å². The first-order chi connectivity index (χ1) is 8.22. The Labute approximate surface area is 104 Å². The first-order valence-electron chi connectivity index (χ1n) is 6.52. The maximum absolute atomic E-state index is 5.63. The molecule has 1 aromatic carbocycles. The predicted molar refractivity (Wildman–Crippen MR) is 71.4 cm³/mol. The van der Waals surface area contributed by atoms with Gasteiger partial charge in [0.1, 0.15) is 0 Å². The first-order valence-corrected chi connectivity index (χ1v) is 6.52. The van der Waals surface area contributed by atoms with Gasteiger partial charge in [0.15, 0.2) is 0 Å². The number of benzene rings is 1. The first kappa shape index (κ1) is 12.6. The summed E-state index contributed by atoms with van der Waals surface area (Å²) >= 11 is 0. The fraction of sp³-hybridized carbons (Fsp3) is 0.600. The van der Waals surface area contributed by atoms with E-state index in [1.165, 1.54) is 16.7 Å². The topological polar surface area (TPSA) is 21.3 Å². The Balaban J connectivity index is 2.13. The molecule has 17 heavy (non-hydrogen) atoms. The van der Waals surface area contributed by atoms with Crippen molar-refractivity contribution in [3.05, 3.63) is 34.9 Å². The summed E-state index contributed by atoms with van der Waals surface area (Å²) in [5.41, 5.74) is 4.32. The third-order valence-corrected chi connectivity index (χ3v) is 3.96. The van der Waals surface area contributed by atoms with Crippen LogP contribution in [0.3, 0.4) is 0 Å². The highest BCUT2D eigenvalue weighted by atomic mass is 16.5. The largest absolute Gasteiger partial charge is 0.381 e. The molecule has 0 bridgehead atoms. The van der Waals surface area contributed by atoms with E-state index in [2.05, 4.69) is 44.4 Å². The lowest BCUT2D eigenvalue weighted by atomic mass is 9.86. The molecule has 0 aliphatic carbocycles. The summed E-state index contributed by atoms with van der Waals surface area (Å²) in [5.74, 6) is 0.605. The molecule has 1 fully saturated rings. The third kappa shape index (κ3) is 2.88. The van der Waals surface area contributed by atoms with Gasteiger partial charge in [-0.05, 0) is 50.4 Å². The average molecular weight is 233 g/mol. The summed E-state index contributed by atoms with van der Waals surface area (Å²) in [6.45, 7) is 6.20. The zero-order chi connectivity index (χ0) is 12.3. The maximum Gasteiger partial charge on any atom is 0.0512 e. The molecular weight excluding hydrogens is 210 g/mol. The Hall–Kier alpha value is -0.860. The average Bonchev–Trinajstić information content (AvgIpc) is 2.34. The van der Waals surface area contributed by atoms with E-state index in [4.69, 9.17) is 4.74 Å². The van der Waals surface area contributed by atoms with Crippen molar-refractivity contribution < 1.29 is 4.74 Å². The standard InChI is InChI=1S/C15H23NO/c1-11-5-4-6-12(2)14(11)9-13-10-17-8-7-15(13)16-3/h4-6,13,15-16H,7-10H2,1-3H3. The molecule has 1 aromatic rings. The van der Waals surface area contributed by atoms with Crippen molar-refractivity contribution >= 4 is 0 Å². The number of hydrogen-bond donors (Lipinski definition) is 1. The van der Waals surface area contributed by atoms with Gasteiger partial charge in [0.05, 0.1) is 6.61 Å². The van der Waals surface area contributed by atoms with Gasteiger partial charge in [-0.3, -0.25) is 0 Å². The van der Waals surface area contributed by atoms with E-state index in [-0.39, 0.29) is 0 Å². The van der Waals surface area contributed by atoms with E-state index >= 15 is 0 Å². The van der Waals surface area contributed by atoms with Crippen LogP contribution in [-0.2, 0) is 11.2 Å². The van der Waals surface area contributed by atoms with Crippen molar-refractivity contribution in [1.82, 2.24) is 5.32 Å². The highest BCUT2D eigenvalue weighted by Gasteiger charge is 2.25. The predicted octanol–water partition coefficient (Wildman–Crippen LogP) is 2.47. The molecule has 1 aliphatic heterocycles. The zero-order valence-corrected chi connectivity index (χ0v) is 11.1. The van der Waals surface area contributed by atoms with Crippen LogP contribution in [-0.4, -0.2) is 26.3 Å². The lowest BCUT2D eigenvalue weighted by Gasteiger charge is -2.32. The van der Waals surface area contributed by atoms with Gasteiger partial charge >= 0.3 is 0 Å². The molecule has 1 N–H and O–H groups in total. The number of hydrogen-bond acceptors (Lipinski definition) is 2. The second-order valence-electron chi connectivity index (χ2n) is 5.09. The lowest BCUT2D eigenvalue weighted by Crippen LogP contribution is -2.42. The molecule has 2 unspecified atom stereocenters. The summed E-state index contributed by atoms with van der Waals surface area (Å²) < 4.78 is 5.63. The van der Waals surface area contributed by atoms with E-state index in [1.807, 2.05) is 0 Å². The van der Waals surface area contributed by atoms with Gasteiger partial charge in [-0.25, -0.2) is 0 Å². The van der Waals surface area contributed by atoms with Crippen molar-refractivity contribution in [1.29, 1.82) is 0 Å². The number of ether oxygens (including phenoxy) is 1. The van der Waals surface area contributed by atoms with Crippen LogP contribution in [0.5, 0.6) is 0 Å². The summed E-state index contributed by atoms with van der Waals surface area (Å²) in [6, 6.07) is 7.16. The van der Waals surface area contributed by atoms with Crippen LogP contribution >= 0.6 is 0 Å². The summed E-state index contributed by atoms with van der Waals surface area (Å²) in [4.78, 5) is 0. The lowest BCUT2D eigenvalue weighted by molar-refractivity contribution is 0.0341. The summed E-state index contributed by atoms with van der Waals surface area (Å²) in [5, 5.41) is 3.43. The van der Waals surface area contributed by atoms with Crippen LogP contribution in [0.4, 0.5) is 0 Å². The quantitative estimate of drug-likeness (QED) is 0.866. The SMILES string of the molecule is CNC1CCOCC1Cc1c(C)cccc1C. The van der Waals surface area contributed by atoms with E-state index in [0.717, 1.165) is 26.1 Å². The fourth-order valence-electron chi connectivity index (χ4n) is 2.81. The summed E-state index contributed by atoms with van der Waals surface area (Å²) in [7, 11) is 2.06. The molecule has 94 valence electrons. The molecular formula is C15H23NO. The molecule has 0 radical (unpaired) electrons. The molecule has 1 saturated heterocycles. The number of nitrogens with one attached hydrogen (secondary N) is 1. The van der Waals surface area contributed by atoms with Crippen molar-refractivity contribution in [3.63, 3.8) is 0 Å². The van der Waals surface area contributed by atoms with Gasteiger partial charge in [-0.2, -0.15) is 0 Å². The molecule has 0 aromatic heterocycles. The highest BCUT2D eigenvalue weighted by Crippen LogP contribution is 2.23. The fourth-order valence-corrected chi connectivity index (χ4v) is 2.81. The second kappa shape index (κ2) is 5.65. The highest BCUT2D eigenvalue weighted by molar-refractivity contribution is 5.34. The van der Waals surface area contributed by atoms with Crippen molar-refractivity contribution in [2.24, 2.45) is 5.92 Å². The molecule has 1 heterocycles. The van der Waals surface area contributed by atoms with Gasteiger partial charge in [0.25, 0.3) is 0 Å². The Morgan fingerprint density at radius 1 is 1.29 bits per heavy atom. The molecule has 2 heteroatoms. The molecule has 1 aliphatic rings. The second-order valence-corrected chi connectivity index (χ2v) is 5.09. The Bertz CT molecular complexity index is 355. The Morgan fingerprint density at radius 3 is 2.65 bits per heavy atom. The van der Waals surface area contributed by atoms with Gasteiger partial charge in [-0.15, -0.1) is 0 Å². The third-order valence-electron chi connectivity index (χ3n) is 3.96. The van der Waals surface area contributed by atoms with E-state index in [1.54, 1.807) is 0 Å². The molecule has 0 saturated carbocycles. The summed E-state index contributed by atoms with van der Waals surface area (Å²) in [6.07, 6.45) is 2.26. The number of rotatable bonds is 3. The minimum atomic E-state index is 0.600. The van der Waals surface area contributed by atoms with Crippen molar-refractivity contribution in [2.45, 2.75) is 32.7 Å². The van der Waals surface area contributed by atoms with Gasteiger partial charge in [0, 0.05) is 18.6 Å². The van der Waals surface area contributed by atoms with E-state index in [0.29, 0.717) is 12.0 Å². The smallest absolute Gasteiger partial charge is 0.0512 e. The Morgan fingerprint density at radius 2 is 2.00 bits per heavy atom. The van der Waals surface area contributed by atoms with Crippen LogP contribution < -0.4 is 5.32 Å². The minimum absolute atomic E-state index is 0.600. The normalized spacial score (nSPS) is 24.9.